The number of aliphatic imine (C=N–C) groups is 1. The number of aryl methyl sites for hydroxylation is 1. The van der Waals surface area contributed by atoms with Gasteiger partial charge in [0.2, 0.25) is 0 Å². The molecule has 6 heteroatoms. The Kier molecular flexibility index (Phi) is 5.15. The van der Waals surface area contributed by atoms with E-state index in [1.165, 1.54) is 5.52 Å². The molecule has 0 radical (unpaired) electrons. The molecule has 3 aromatic rings. The zero-order valence-electron chi connectivity index (χ0n) is 14.2. The van der Waals surface area contributed by atoms with Crippen LogP contribution < -0.4 is 10.6 Å². The highest BCUT2D eigenvalue weighted by Crippen LogP contribution is 2.14. The van der Waals surface area contributed by atoms with Gasteiger partial charge >= 0.3 is 0 Å². The second-order valence-corrected chi connectivity index (χ2v) is 5.65. The standard InChI is InChI=1S/C18H24N6/c1-15-22-16-7-3-4-8-17(16)24(15)14-10-21-18(19-2)20-9-13-23-11-5-6-12-23/h3-8,11-12H,9-10,13-14H2,1-2H3,(H2,19,20,21). The first kappa shape index (κ1) is 16.1. The van der Waals surface area contributed by atoms with Crippen LogP contribution in [0.5, 0.6) is 0 Å². The molecule has 0 bridgehead atoms. The van der Waals surface area contributed by atoms with Crippen LogP contribution in [-0.4, -0.2) is 40.2 Å². The minimum Gasteiger partial charge on any atom is -0.355 e. The number of nitrogens with one attached hydrogen (secondary N) is 2. The molecule has 0 aliphatic carbocycles. The summed E-state index contributed by atoms with van der Waals surface area (Å²) in [4.78, 5) is 8.87. The molecule has 0 atom stereocenters. The maximum Gasteiger partial charge on any atom is 0.191 e. The quantitative estimate of drug-likeness (QED) is 0.539. The molecule has 2 N–H and O–H groups in total. The maximum atomic E-state index is 4.60. The zero-order valence-corrected chi connectivity index (χ0v) is 14.2. The van der Waals surface area contributed by atoms with Crippen molar-refractivity contribution < 1.29 is 0 Å². The molecule has 0 spiro atoms. The van der Waals surface area contributed by atoms with Crippen LogP contribution in [0.25, 0.3) is 11.0 Å². The number of benzene rings is 1. The fraction of sp³-hybridized carbons (Fsp3) is 0.333. The van der Waals surface area contributed by atoms with Crippen LogP contribution in [-0.2, 0) is 13.1 Å². The molecule has 0 saturated carbocycles. The predicted octanol–water partition coefficient (Wildman–Crippen LogP) is 2.01. The van der Waals surface area contributed by atoms with Gasteiger partial charge in [0.1, 0.15) is 5.82 Å². The summed E-state index contributed by atoms with van der Waals surface area (Å²) in [5, 5.41) is 6.69. The van der Waals surface area contributed by atoms with E-state index >= 15 is 0 Å². The summed E-state index contributed by atoms with van der Waals surface area (Å²) in [7, 11) is 1.79. The van der Waals surface area contributed by atoms with E-state index in [-0.39, 0.29) is 0 Å². The van der Waals surface area contributed by atoms with Crippen LogP contribution in [0, 0.1) is 6.92 Å². The van der Waals surface area contributed by atoms with Gasteiger partial charge in [-0.15, -0.1) is 0 Å². The second-order valence-electron chi connectivity index (χ2n) is 5.65. The monoisotopic (exact) mass is 324 g/mol. The van der Waals surface area contributed by atoms with Gasteiger partial charge < -0.3 is 19.8 Å². The topological polar surface area (TPSA) is 59.2 Å². The third-order valence-electron chi connectivity index (χ3n) is 4.03. The molecule has 3 rings (SSSR count). The Hall–Kier alpha value is -2.76. The first-order chi connectivity index (χ1) is 11.8. The first-order valence-corrected chi connectivity index (χ1v) is 8.25. The third-order valence-corrected chi connectivity index (χ3v) is 4.03. The largest absolute Gasteiger partial charge is 0.355 e. The van der Waals surface area contributed by atoms with E-state index in [1.54, 1.807) is 7.05 Å². The Morgan fingerprint density at radius 1 is 1.04 bits per heavy atom. The van der Waals surface area contributed by atoms with E-state index in [0.29, 0.717) is 0 Å². The van der Waals surface area contributed by atoms with Crippen molar-refractivity contribution in [3.63, 3.8) is 0 Å². The van der Waals surface area contributed by atoms with Crippen molar-refractivity contribution in [2.75, 3.05) is 20.1 Å². The van der Waals surface area contributed by atoms with Crippen LogP contribution in [0.2, 0.25) is 0 Å². The SMILES string of the molecule is CN=C(NCCn1cccc1)NCCn1c(C)nc2ccccc21. The van der Waals surface area contributed by atoms with Gasteiger partial charge in [-0.3, -0.25) is 4.99 Å². The molecule has 0 fully saturated rings. The predicted molar refractivity (Wildman–Crippen MR) is 98.3 cm³/mol. The smallest absolute Gasteiger partial charge is 0.191 e. The van der Waals surface area contributed by atoms with Crippen LogP contribution >= 0.6 is 0 Å². The molecule has 24 heavy (non-hydrogen) atoms. The van der Waals surface area contributed by atoms with Crippen LogP contribution in [0.1, 0.15) is 5.82 Å². The van der Waals surface area contributed by atoms with Crippen molar-refractivity contribution in [3.8, 4) is 0 Å². The van der Waals surface area contributed by atoms with E-state index in [9.17, 15) is 0 Å². The fourth-order valence-corrected chi connectivity index (χ4v) is 2.81. The first-order valence-electron chi connectivity index (χ1n) is 8.25. The van der Waals surface area contributed by atoms with E-state index in [4.69, 9.17) is 0 Å². The van der Waals surface area contributed by atoms with Gasteiger partial charge in [0.15, 0.2) is 5.96 Å². The summed E-state index contributed by atoms with van der Waals surface area (Å²) in [6.45, 7) is 5.44. The molecular weight excluding hydrogens is 300 g/mol. The number of imidazole rings is 1. The lowest BCUT2D eigenvalue weighted by atomic mass is 10.3. The van der Waals surface area contributed by atoms with Gasteiger partial charge in [-0.25, -0.2) is 4.98 Å². The number of para-hydroxylation sites is 2. The lowest BCUT2D eigenvalue weighted by molar-refractivity contribution is 0.640. The van der Waals surface area contributed by atoms with Crippen LogP contribution in [0.4, 0.5) is 0 Å². The lowest BCUT2D eigenvalue weighted by Crippen LogP contribution is -2.40. The molecule has 0 saturated heterocycles. The molecule has 2 aromatic heterocycles. The van der Waals surface area contributed by atoms with Gasteiger partial charge in [-0.2, -0.15) is 0 Å². The molecule has 0 aliphatic rings. The molecule has 6 nitrogen and oxygen atoms in total. The minimum absolute atomic E-state index is 0.796. The summed E-state index contributed by atoms with van der Waals surface area (Å²) >= 11 is 0. The number of rotatable bonds is 6. The Morgan fingerprint density at radius 2 is 1.75 bits per heavy atom. The molecule has 0 amide bonds. The van der Waals surface area contributed by atoms with Gasteiger partial charge in [0.25, 0.3) is 0 Å². The Labute approximate surface area is 142 Å². The summed E-state index contributed by atoms with van der Waals surface area (Å²) < 4.78 is 4.37. The van der Waals surface area contributed by atoms with Gasteiger partial charge in [0.05, 0.1) is 11.0 Å². The maximum absolute atomic E-state index is 4.60. The number of hydrogen-bond donors (Lipinski definition) is 2. The van der Waals surface area contributed by atoms with E-state index in [0.717, 1.165) is 43.5 Å². The van der Waals surface area contributed by atoms with Gasteiger partial charge in [0, 0.05) is 45.6 Å². The highest BCUT2D eigenvalue weighted by atomic mass is 15.2. The molecule has 2 heterocycles. The minimum atomic E-state index is 0.796. The number of nitrogens with zero attached hydrogens (tertiary/aromatic N) is 4. The van der Waals surface area contributed by atoms with Crippen LogP contribution in [0.3, 0.4) is 0 Å². The highest BCUT2D eigenvalue weighted by molar-refractivity contribution is 5.79. The fourth-order valence-electron chi connectivity index (χ4n) is 2.81. The lowest BCUT2D eigenvalue weighted by Gasteiger charge is -2.13. The second kappa shape index (κ2) is 7.68. The number of hydrogen-bond acceptors (Lipinski definition) is 2. The normalized spacial score (nSPS) is 11.8. The van der Waals surface area contributed by atoms with E-state index < -0.39 is 0 Å². The average Bonchev–Trinajstić information content (AvgIpc) is 3.21. The zero-order chi connectivity index (χ0) is 16.8. The number of aromatic nitrogens is 3. The molecule has 1 aromatic carbocycles. The van der Waals surface area contributed by atoms with Crippen molar-refractivity contribution in [1.82, 2.24) is 24.8 Å². The highest BCUT2D eigenvalue weighted by Gasteiger charge is 2.06. The molecular formula is C18H24N6. The van der Waals surface area contributed by atoms with Gasteiger partial charge in [-0.05, 0) is 31.2 Å². The van der Waals surface area contributed by atoms with Crippen LogP contribution in [0.15, 0.2) is 53.8 Å². The van der Waals surface area contributed by atoms with Crippen molar-refractivity contribution in [1.29, 1.82) is 0 Å². The van der Waals surface area contributed by atoms with Crippen molar-refractivity contribution in [2.45, 2.75) is 20.0 Å². The van der Waals surface area contributed by atoms with Gasteiger partial charge in [-0.1, -0.05) is 12.1 Å². The summed E-state index contributed by atoms with van der Waals surface area (Å²) in [6.07, 6.45) is 4.12. The summed E-state index contributed by atoms with van der Waals surface area (Å²) in [6, 6.07) is 12.3. The van der Waals surface area contributed by atoms with E-state index in [2.05, 4.69) is 54.3 Å². The van der Waals surface area contributed by atoms with Crippen molar-refractivity contribution >= 4 is 17.0 Å². The Bertz CT molecular complexity index is 800. The van der Waals surface area contributed by atoms with E-state index in [1.807, 2.05) is 31.2 Å². The number of fused-ring (bicyclic) bond motifs is 1. The average molecular weight is 324 g/mol. The molecule has 0 aliphatic heterocycles. The molecule has 0 unspecified atom stereocenters. The molecule has 126 valence electrons. The summed E-state index contributed by atoms with van der Waals surface area (Å²) in [5.74, 6) is 1.86. The Morgan fingerprint density at radius 3 is 2.50 bits per heavy atom. The van der Waals surface area contributed by atoms with Crippen molar-refractivity contribution in [2.24, 2.45) is 4.99 Å². The summed E-state index contributed by atoms with van der Waals surface area (Å²) in [5.41, 5.74) is 2.22. The third kappa shape index (κ3) is 3.76. The number of guanidine groups is 1. The van der Waals surface area contributed by atoms with Crippen molar-refractivity contribution in [3.05, 3.63) is 54.6 Å². The Balaban J connectivity index is 1.49.